The highest BCUT2D eigenvalue weighted by Crippen LogP contribution is 2.27. The number of esters is 2. The Morgan fingerprint density at radius 1 is 1.24 bits per heavy atom. The first-order chi connectivity index (χ1) is 8.06. The van der Waals surface area contributed by atoms with Crippen molar-refractivity contribution >= 4 is 23.5 Å². The fourth-order valence-electron chi connectivity index (χ4n) is 1.33. The summed E-state index contributed by atoms with van der Waals surface area (Å²) in [5, 5.41) is -0.771. The van der Waals surface area contributed by atoms with Gasteiger partial charge < -0.3 is 9.47 Å². The van der Waals surface area contributed by atoms with E-state index in [1.54, 1.807) is 24.3 Å². The van der Waals surface area contributed by atoms with E-state index in [2.05, 4.69) is 4.74 Å². The van der Waals surface area contributed by atoms with Gasteiger partial charge in [-0.1, -0.05) is 30.3 Å². The van der Waals surface area contributed by atoms with E-state index < -0.39 is 23.4 Å². The maximum Gasteiger partial charge on any atom is 0.349 e. The van der Waals surface area contributed by atoms with Crippen LogP contribution in [0.15, 0.2) is 30.3 Å². The van der Waals surface area contributed by atoms with Crippen LogP contribution in [0.3, 0.4) is 0 Å². The van der Waals surface area contributed by atoms with Crippen LogP contribution in [-0.2, 0) is 19.1 Å². The van der Waals surface area contributed by atoms with Gasteiger partial charge in [0.15, 0.2) is 0 Å². The first kappa shape index (κ1) is 13.5. The maximum atomic E-state index is 11.5. The molecular weight excluding hydrogens is 244 g/mol. The lowest BCUT2D eigenvalue weighted by atomic mass is 10.1. The Balaban J connectivity index is 2.90. The standard InChI is InChI=1S/C12H13ClO4/c1-8(14)17-11(12(15)16-2)10(13)9-6-4-3-5-7-9/h3-7,10-11H,1-2H3/t10-,11+/m1/s1. The predicted octanol–water partition coefficient (Wildman–Crippen LogP) is 2.07. The summed E-state index contributed by atoms with van der Waals surface area (Å²) < 4.78 is 9.43. The molecule has 0 N–H and O–H groups in total. The van der Waals surface area contributed by atoms with Gasteiger partial charge in [0.2, 0.25) is 6.10 Å². The molecule has 1 aromatic carbocycles. The van der Waals surface area contributed by atoms with E-state index in [9.17, 15) is 9.59 Å². The number of benzene rings is 1. The molecule has 92 valence electrons. The zero-order valence-electron chi connectivity index (χ0n) is 9.55. The SMILES string of the molecule is COC(=O)[C@@H](OC(C)=O)[C@H](Cl)c1ccccc1. The van der Waals surface area contributed by atoms with Crippen LogP contribution in [0.4, 0.5) is 0 Å². The van der Waals surface area contributed by atoms with Gasteiger partial charge in [-0.15, -0.1) is 11.6 Å². The van der Waals surface area contributed by atoms with E-state index in [1.807, 2.05) is 6.07 Å². The summed E-state index contributed by atoms with van der Waals surface area (Å²) in [6.07, 6.45) is -1.14. The topological polar surface area (TPSA) is 52.6 Å². The van der Waals surface area contributed by atoms with Gasteiger partial charge in [-0.05, 0) is 5.56 Å². The van der Waals surface area contributed by atoms with Crippen LogP contribution in [0.2, 0.25) is 0 Å². The Hall–Kier alpha value is -1.55. The number of ether oxygens (including phenoxy) is 2. The van der Waals surface area contributed by atoms with Crippen molar-refractivity contribution in [1.29, 1.82) is 0 Å². The number of hydrogen-bond acceptors (Lipinski definition) is 4. The summed E-state index contributed by atoms with van der Waals surface area (Å²) >= 11 is 6.11. The molecule has 0 bridgehead atoms. The normalized spacial score (nSPS) is 13.6. The number of halogens is 1. The monoisotopic (exact) mass is 256 g/mol. The second-order valence-electron chi connectivity index (χ2n) is 3.37. The zero-order chi connectivity index (χ0) is 12.8. The molecule has 5 heteroatoms. The molecule has 0 aliphatic carbocycles. The lowest BCUT2D eigenvalue weighted by molar-refractivity contribution is -0.164. The smallest absolute Gasteiger partial charge is 0.349 e. The Kier molecular flexibility index (Phi) is 4.97. The van der Waals surface area contributed by atoms with Gasteiger partial charge in [-0.3, -0.25) is 4.79 Å². The number of rotatable bonds is 4. The van der Waals surface area contributed by atoms with Gasteiger partial charge in [-0.25, -0.2) is 4.79 Å². The van der Waals surface area contributed by atoms with Crippen LogP contribution >= 0.6 is 11.6 Å². The molecule has 0 unspecified atom stereocenters. The average molecular weight is 257 g/mol. The minimum atomic E-state index is -1.14. The number of carbonyl (C=O) groups is 2. The second-order valence-corrected chi connectivity index (χ2v) is 3.84. The molecule has 1 rings (SSSR count). The van der Waals surface area contributed by atoms with Crippen LogP contribution in [0.5, 0.6) is 0 Å². The molecule has 0 saturated heterocycles. The van der Waals surface area contributed by atoms with E-state index in [4.69, 9.17) is 16.3 Å². The van der Waals surface area contributed by atoms with Crippen molar-refractivity contribution in [2.24, 2.45) is 0 Å². The second kappa shape index (κ2) is 6.25. The largest absolute Gasteiger partial charge is 0.466 e. The molecule has 4 nitrogen and oxygen atoms in total. The molecule has 0 amide bonds. The fraction of sp³-hybridized carbons (Fsp3) is 0.333. The first-order valence-corrected chi connectivity index (χ1v) is 5.44. The Bertz CT molecular complexity index is 391. The Morgan fingerprint density at radius 3 is 2.29 bits per heavy atom. The average Bonchev–Trinajstić information content (AvgIpc) is 2.35. The van der Waals surface area contributed by atoms with E-state index in [0.29, 0.717) is 5.56 Å². The van der Waals surface area contributed by atoms with E-state index in [0.717, 1.165) is 0 Å². The van der Waals surface area contributed by atoms with E-state index in [-0.39, 0.29) is 0 Å². The van der Waals surface area contributed by atoms with Crippen LogP contribution < -0.4 is 0 Å². The molecule has 0 aromatic heterocycles. The van der Waals surface area contributed by atoms with Crippen molar-refractivity contribution in [3.63, 3.8) is 0 Å². The van der Waals surface area contributed by atoms with Crippen molar-refractivity contribution in [3.8, 4) is 0 Å². The van der Waals surface area contributed by atoms with Crippen molar-refractivity contribution in [3.05, 3.63) is 35.9 Å². The molecular formula is C12H13ClO4. The molecule has 1 aromatic rings. The van der Waals surface area contributed by atoms with Gasteiger partial charge in [0.1, 0.15) is 5.38 Å². The van der Waals surface area contributed by atoms with Crippen molar-refractivity contribution in [1.82, 2.24) is 0 Å². The molecule has 0 fully saturated rings. The highest BCUT2D eigenvalue weighted by Gasteiger charge is 2.31. The third-order valence-electron chi connectivity index (χ3n) is 2.11. The van der Waals surface area contributed by atoms with Crippen molar-refractivity contribution < 1.29 is 19.1 Å². The van der Waals surface area contributed by atoms with E-state index in [1.165, 1.54) is 14.0 Å². The summed E-state index contributed by atoms with van der Waals surface area (Å²) in [5.41, 5.74) is 0.686. The molecule has 17 heavy (non-hydrogen) atoms. The van der Waals surface area contributed by atoms with Crippen LogP contribution in [0.25, 0.3) is 0 Å². The van der Waals surface area contributed by atoms with Crippen molar-refractivity contribution in [2.75, 3.05) is 7.11 Å². The Morgan fingerprint density at radius 2 is 1.82 bits per heavy atom. The summed E-state index contributed by atoms with van der Waals surface area (Å²) in [6, 6.07) is 8.89. The van der Waals surface area contributed by atoms with Gasteiger partial charge in [0.05, 0.1) is 7.11 Å². The summed E-state index contributed by atoms with van der Waals surface area (Å²) in [6.45, 7) is 1.21. The number of alkyl halides is 1. The van der Waals surface area contributed by atoms with E-state index >= 15 is 0 Å². The highest BCUT2D eigenvalue weighted by atomic mass is 35.5. The molecule has 2 atom stereocenters. The van der Waals surface area contributed by atoms with Gasteiger partial charge in [0.25, 0.3) is 0 Å². The molecule has 0 saturated carbocycles. The lowest BCUT2D eigenvalue weighted by Crippen LogP contribution is -2.31. The minimum Gasteiger partial charge on any atom is -0.466 e. The fourth-order valence-corrected chi connectivity index (χ4v) is 1.63. The van der Waals surface area contributed by atoms with Crippen molar-refractivity contribution in [2.45, 2.75) is 18.4 Å². The van der Waals surface area contributed by atoms with Crippen LogP contribution in [0, 0.1) is 0 Å². The van der Waals surface area contributed by atoms with Gasteiger partial charge >= 0.3 is 11.9 Å². The summed E-state index contributed by atoms with van der Waals surface area (Å²) in [4.78, 5) is 22.4. The first-order valence-electron chi connectivity index (χ1n) is 5.00. The van der Waals surface area contributed by atoms with Crippen LogP contribution in [0.1, 0.15) is 17.9 Å². The Labute approximate surface area is 104 Å². The molecule has 0 heterocycles. The molecule has 0 radical (unpaired) electrons. The molecule has 0 spiro atoms. The van der Waals surface area contributed by atoms with Crippen LogP contribution in [-0.4, -0.2) is 25.2 Å². The maximum absolute atomic E-state index is 11.5. The molecule has 0 aliphatic rings. The summed E-state index contributed by atoms with van der Waals surface area (Å²) in [5.74, 6) is -1.26. The third kappa shape index (κ3) is 3.75. The van der Waals surface area contributed by atoms with Gasteiger partial charge in [-0.2, -0.15) is 0 Å². The third-order valence-corrected chi connectivity index (χ3v) is 2.59. The quantitative estimate of drug-likeness (QED) is 0.611. The zero-order valence-corrected chi connectivity index (χ0v) is 10.3. The lowest BCUT2D eigenvalue weighted by Gasteiger charge is -2.19. The predicted molar refractivity (Wildman–Crippen MR) is 62.6 cm³/mol. The number of hydrogen-bond donors (Lipinski definition) is 0. The van der Waals surface area contributed by atoms with Gasteiger partial charge in [0, 0.05) is 6.92 Å². The number of methoxy groups -OCH3 is 1. The molecule has 0 aliphatic heterocycles. The number of carbonyl (C=O) groups excluding carboxylic acids is 2. The summed E-state index contributed by atoms with van der Waals surface area (Å²) in [7, 11) is 1.22. The minimum absolute atomic E-state index is 0.581. The highest BCUT2D eigenvalue weighted by molar-refractivity contribution is 6.22.